The van der Waals surface area contributed by atoms with Crippen LogP contribution in [0.5, 0.6) is 0 Å². The monoisotopic (exact) mass is 246 g/mol. The molecule has 1 aliphatic rings. The smallest absolute Gasteiger partial charge is 0.137 e. The van der Waals surface area contributed by atoms with E-state index in [1.54, 1.807) is 6.92 Å². The highest BCUT2D eigenvalue weighted by Crippen LogP contribution is 2.23. The van der Waals surface area contributed by atoms with Crippen LogP contribution in [-0.4, -0.2) is 5.78 Å². The highest BCUT2D eigenvalue weighted by molar-refractivity contribution is 5.81. The van der Waals surface area contributed by atoms with Crippen LogP contribution in [0.25, 0.3) is 0 Å². The van der Waals surface area contributed by atoms with Gasteiger partial charge in [-0.05, 0) is 59.8 Å². The Morgan fingerprint density at radius 1 is 1.00 bits per heavy atom. The maximum Gasteiger partial charge on any atom is 0.137 e. The Morgan fingerprint density at radius 2 is 1.61 bits per heavy atom. The number of carbonyl (C=O) groups excluding carboxylic acids is 1. The Kier molecular flexibility index (Phi) is 6.11. The molecule has 0 aromatic heterocycles. The lowest BCUT2D eigenvalue weighted by molar-refractivity contribution is -0.119. The Morgan fingerprint density at radius 3 is 2.28 bits per heavy atom. The minimum atomic E-state index is 0.0887. The van der Waals surface area contributed by atoms with Gasteiger partial charge in [-0.2, -0.15) is 0 Å². The van der Waals surface area contributed by atoms with Crippen molar-refractivity contribution >= 4 is 5.78 Å². The summed E-state index contributed by atoms with van der Waals surface area (Å²) >= 11 is 0. The van der Waals surface area contributed by atoms with Crippen LogP contribution in [-0.2, 0) is 4.79 Å². The summed E-state index contributed by atoms with van der Waals surface area (Å²) in [5.41, 5.74) is 4.06. The maximum atomic E-state index is 11.7. The second-order valence-corrected chi connectivity index (χ2v) is 5.53. The summed E-state index contributed by atoms with van der Waals surface area (Å²) in [6.45, 7) is 8.17. The van der Waals surface area contributed by atoms with Gasteiger partial charge in [-0.15, -0.1) is 0 Å². The third-order valence-electron chi connectivity index (χ3n) is 3.72. The van der Waals surface area contributed by atoms with Gasteiger partial charge in [0.1, 0.15) is 5.78 Å². The fourth-order valence-electron chi connectivity index (χ4n) is 2.46. The van der Waals surface area contributed by atoms with Crippen molar-refractivity contribution in [3.63, 3.8) is 0 Å². The van der Waals surface area contributed by atoms with Crippen LogP contribution in [0.1, 0.15) is 59.8 Å². The standard InChI is InChI=1S/C17H26O/c1-13-8-5-6-11-15(3)17(16(4)18)12-14(2)10-7-9-13/h8,10-11,17H,5-7,9,12H2,1-4H3. The summed E-state index contributed by atoms with van der Waals surface area (Å²) in [6.07, 6.45) is 12.1. The first-order chi connectivity index (χ1) is 8.50. The van der Waals surface area contributed by atoms with Crippen molar-refractivity contribution in [2.45, 2.75) is 59.8 Å². The molecule has 1 nitrogen and oxygen atoms in total. The second-order valence-electron chi connectivity index (χ2n) is 5.53. The molecular formula is C17H26O. The Hall–Kier alpha value is -1.11. The van der Waals surface area contributed by atoms with E-state index in [1.807, 2.05) is 0 Å². The van der Waals surface area contributed by atoms with Gasteiger partial charge in [0.15, 0.2) is 0 Å². The molecule has 1 unspecified atom stereocenters. The second kappa shape index (κ2) is 7.35. The van der Waals surface area contributed by atoms with E-state index in [4.69, 9.17) is 0 Å². The number of Topliss-reactive ketones (excluding diaryl/α,β-unsaturated/α-hetero) is 1. The summed E-state index contributed by atoms with van der Waals surface area (Å²) in [5, 5.41) is 0. The molecule has 100 valence electrons. The molecule has 18 heavy (non-hydrogen) atoms. The Balaban J connectivity index is 2.90. The fraction of sp³-hybridized carbons (Fsp3) is 0.588. The third kappa shape index (κ3) is 5.03. The molecule has 1 heteroatoms. The van der Waals surface area contributed by atoms with E-state index in [0.717, 1.165) is 32.1 Å². The van der Waals surface area contributed by atoms with Crippen molar-refractivity contribution < 1.29 is 4.79 Å². The van der Waals surface area contributed by atoms with Crippen LogP contribution < -0.4 is 0 Å². The van der Waals surface area contributed by atoms with Crippen LogP contribution >= 0.6 is 0 Å². The SMILES string of the molecule is CC(=O)C1CC(C)=CCCC(C)=CCCC=C1C. The lowest BCUT2D eigenvalue weighted by atomic mass is 9.88. The van der Waals surface area contributed by atoms with E-state index in [-0.39, 0.29) is 5.92 Å². The van der Waals surface area contributed by atoms with E-state index < -0.39 is 0 Å². The predicted molar refractivity (Wildman–Crippen MR) is 78.5 cm³/mol. The van der Waals surface area contributed by atoms with Gasteiger partial charge in [-0.1, -0.05) is 34.9 Å². The number of ketones is 1. The molecular weight excluding hydrogens is 220 g/mol. The van der Waals surface area contributed by atoms with Gasteiger partial charge in [0.05, 0.1) is 0 Å². The van der Waals surface area contributed by atoms with Crippen LogP contribution in [0.2, 0.25) is 0 Å². The van der Waals surface area contributed by atoms with Crippen LogP contribution in [0.3, 0.4) is 0 Å². The summed E-state index contributed by atoms with van der Waals surface area (Å²) in [4.78, 5) is 11.7. The first-order valence-corrected chi connectivity index (χ1v) is 6.99. The number of allylic oxidation sites excluding steroid dienone is 6. The van der Waals surface area contributed by atoms with Gasteiger partial charge in [-0.25, -0.2) is 0 Å². The molecule has 1 rings (SSSR count). The molecule has 0 spiro atoms. The van der Waals surface area contributed by atoms with Crippen molar-refractivity contribution in [1.29, 1.82) is 0 Å². The molecule has 1 atom stereocenters. The van der Waals surface area contributed by atoms with Gasteiger partial charge in [0.25, 0.3) is 0 Å². The van der Waals surface area contributed by atoms with Crippen molar-refractivity contribution in [1.82, 2.24) is 0 Å². The molecule has 0 bridgehead atoms. The van der Waals surface area contributed by atoms with Crippen molar-refractivity contribution in [2.24, 2.45) is 5.92 Å². The van der Waals surface area contributed by atoms with E-state index >= 15 is 0 Å². The Labute approximate surface area is 112 Å². The zero-order chi connectivity index (χ0) is 13.5. The van der Waals surface area contributed by atoms with E-state index in [1.165, 1.54) is 16.7 Å². The zero-order valence-electron chi connectivity index (χ0n) is 12.3. The largest absolute Gasteiger partial charge is 0.299 e. The zero-order valence-corrected chi connectivity index (χ0v) is 12.3. The topological polar surface area (TPSA) is 17.1 Å². The summed E-state index contributed by atoms with van der Waals surface area (Å²) in [7, 11) is 0. The van der Waals surface area contributed by atoms with Gasteiger partial charge in [-0.3, -0.25) is 4.79 Å². The molecule has 0 aromatic carbocycles. The van der Waals surface area contributed by atoms with E-state index in [2.05, 4.69) is 39.0 Å². The average Bonchev–Trinajstić information content (AvgIpc) is 2.29. The van der Waals surface area contributed by atoms with Crippen LogP contribution in [0.15, 0.2) is 34.9 Å². The summed E-state index contributed by atoms with van der Waals surface area (Å²) in [6, 6.07) is 0. The van der Waals surface area contributed by atoms with Crippen molar-refractivity contribution in [3.8, 4) is 0 Å². The molecule has 0 fully saturated rings. The van der Waals surface area contributed by atoms with E-state index in [9.17, 15) is 4.79 Å². The predicted octanol–water partition coefficient (Wildman–Crippen LogP) is 4.99. The van der Waals surface area contributed by atoms with Crippen molar-refractivity contribution in [2.75, 3.05) is 0 Å². The molecule has 0 aliphatic heterocycles. The minimum Gasteiger partial charge on any atom is -0.299 e. The normalized spacial score (nSPS) is 23.1. The molecule has 0 saturated heterocycles. The number of carbonyl (C=O) groups is 1. The quantitative estimate of drug-likeness (QED) is 0.595. The van der Waals surface area contributed by atoms with Crippen molar-refractivity contribution in [3.05, 3.63) is 34.9 Å². The molecule has 0 aromatic rings. The molecule has 1 aliphatic carbocycles. The fourth-order valence-corrected chi connectivity index (χ4v) is 2.46. The van der Waals surface area contributed by atoms with Crippen LogP contribution in [0, 0.1) is 5.92 Å². The average molecular weight is 246 g/mol. The summed E-state index contributed by atoms with van der Waals surface area (Å²) in [5.74, 6) is 0.381. The Bertz CT molecular complexity index is 382. The highest BCUT2D eigenvalue weighted by Gasteiger charge is 2.16. The minimum absolute atomic E-state index is 0.0887. The molecule has 0 radical (unpaired) electrons. The maximum absolute atomic E-state index is 11.7. The number of rotatable bonds is 1. The van der Waals surface area contributed by atoms with Gasteiger partial charge in [0, 0.05) is 5.92 Å². The molecule has 0 heterocycles. The first-order valence-electron chi connectivity index (χ1n) is 6.99. The lowest BCUT2D eigenvalue weighted by Gasteiger charge is -2.16. The summed E-state index contributed by atoms with van der Waals surface area (Å²) < 4.78 is 0. The van der Waals surface area contributed by atoms with Gasteiger partial charge < -0.3 is 0 Å². The first kappa shape index (κ1) is 14.9. The van der Waals surface area contributed by atoms with Crippen LogP contribution in [0.4, 0.5) is 0 Å². The number of hydrogen-bond donors (Lipinski definition) is 0. The lowest BCUT2D eigenvalue weighted by Crippen LogP contribution is -2.13. The highest BCUT2D eigenvalue weighted by atomic mass is 16.1. The molecule has 0 amide bonds. The third-order valence-corrected chi connectivity index (χ3v) is 3.72. The van der Waals surface area contributed by atoms with E-state index in [0.29, 0.717) is 5.78 Å². The molecule has 0 N–H and O–H groups in total. The molecule has 0 saturated carbocycles. The number of hydrogen-bond acceptors (Lipinski definition) is 1. The van der Waals surface area contributed by atoms with Gasteiger partial charge in [0.2, 0.25) is 0 Å². The van der Waals surface area contributed by atoms with Gasteiger partial charge >= 0.3 is 0 Å².